The molecule has 31 heavy (non-hydrogen) atoms. The zero-order chi connectivity index (χ0) is 22.6. The van der Waals surface area contributed by atoms with Gasteiger partial charge in [0.1, 0.15) is 17.2 Å². The largest absolute Gasteiger partial charge is 0.493 e. The number of aromatic nitrogens is 1. The summed E-state index contributed by atoms with van der Waals surface area (Å²) in [5.41, 5.74) is 1.29. The van der Waals surface area contributed by atoms with Crippen LogP contribution in [0.15, 0.2) is 59.5 Å². The average molecular weight is 463 g/mol. The monoisotopic (exact) mass is 462 g/mol. The van der Waals surface area contributed by atoms with Crippen LogP contribution in [0.25, 0.3) is 11.1 Å². The van der Waals surface area contributed by atoms with E-state index < -0.39 is 10.0 Å². The van der Waals surface area contributed by atoms with E-state index in [4.69, 9.17) is 21.1 Å². The zero-order valence-corrected chi connectivity index (χ0v) is 19.0. The highest BCUT2D eigenvalue weighted by molar-refractivity contribution is 7.92. The first kappa shape index (κ1) is 22.7. The lowest BCUT2D eigenvalue weighted by Crippen LogP contribution is -2.16. The molecule has 0 saturated carbocycles. The van der Waals surface area contributed by atoms with Gasteiger partial charge in [-0.2, -0.15) is 0 Å². The number of hydrogen-bond acceptors (Lipinski definition) is 5. The lowest BCUT2D eigenvalue weighted by atomic mass is 10.0. The van der Waals surface area contributed by atoms with E-state index in [1.165, 1.54) is 10.6 Å². The third-order valence-electron chi connectivity index (χ3n) is 4.45. The fourth-order valence-corrected chi connectivity index (χ4v) is 3.62. The van der Waals surface area contributed by atoms with Gasteiger partial charge < -0.3 is 14.0 Å². The van der Waals surface area contributed by atoms with Crippen LogP contribution in [0.2, 0.25) is 5.02 Å². The van der Waals surface area contributed by atoms with Crippen molar-refractivity contribution >= 4 is 27.3 Å². The molecule has 0 amide bonds. The molecule has 164 valence electrons. The molecule has 0 saturated heterocycles. The van der Waals surface area contributed by atoms with E-state index in [9.17, 15) is 13.2 Å². The second-order valence-corrected chi connectivity index (χ2v) is 9.15. The molecule has 0 aliphatic carbocycles. The molecular weight excluding hydrogens is 440 g/mol. The van der Waals surface area contributed by atoms with Gasteiger partial charge in [-0.05, 0) is 56.3 Å². The van der Waals surface area contributed by atoms with Gasteiger partial charge in [0.25, 0.3) is 5.56 Å². The van der Waals surface area contributed by atoms with Crippen LogP contribution in [0.5, 0.6) is 17.2 Å². The summed E-state index contributed by atoms with van der Waals surface area (Å²) in [5, 5.41) is 0.577. The molecule has 9 heteroatoms. The molecule has 0 aliphatic heterocycles. The number of benzene rings is 2. The van der Waals surface area contributed by atoms with E-state index in [2.05, 4.69) is 4.72 Å². The Balaban J connectivity index is 2.17. The summed E-state index contributed by atoms with van der Waals surface area (Å²) >= 11 is 5.96. The topological polar surface area (TPSA) is 86.6 Å². The smallest absolute Gasteiger partial charge is 0.254 e. The molecule has 1 N–H and O–H groups in total. The van der Waals surface area contributed by atoms with Gasteiger partial charge in [-0.3, -0.25) is 9.52 Å². The first-order valence-corrected chi connectivity index (χ1v) is 11.7. The molecule has 1 aromatic heterocycles. The van der Waals surface area contributed by atoms with E-state index in [-0.39, 0.29) is 11.3 Å². The van der Waals surface area contributed by atoms with Crippen molar-refractivity contribution in [3.63, 3.8) is 0 Å². The molecule has 2 aromatic carbocycles. The summed E-state index contributed by atoms with van der Waals surface area (Å²) in [6.07, 6.45) is 1.63. The number of rotatable bonds is 8. The fraction of sp³-hybridized carbons (Fsp3) is 0.227. The number of aryl methyl sites for hydroxylation is 1. The van der Waals surface area contributed by atoms with E-state index in [1.807, 2.05) is 6.92 Å². The molecule has 0 atom stereocenters. The Bertz CT molecular complexity index is 1240. The summed E-state index contributed by atoms with van der Waals surface area (Å²) in [6, 6.07) is 13.2. The van der Waals surface area contributed by atoms with Gasteiger partial charge >= 0.3 is 0 Å². The number of anilines is 1. The number of sulfonamides is 1. The highest BCUT2D eigenvalue weighted by Gasteiger charge is 2.17. The van der Waals surface area contributed by atoms with E-state index >= 15 is 0 Å². The van der Waals surface area contributed by atoms with Crippen LogP contribution in [-0.4, -0.2) is 25.3 Å². The molecule has 3 aromatic rings. The first-order valence-electron chi connectivity index (χ1n) is 9.64. The average Bonchev–Trinajstić information content (AvgIpc) is 2.73. The first-order chi connectivity index (χ1) is 14.7. The molecule has 1 heterocycles. The number of nitrogens with one attached hydrogen (secondary N) is 1. The van der Waals surface area contributed by atoms with Gasteiger partial charge in [0, 0.05) is 41.1 Å². The van der Waals surface area contributed by atoms with Crippen LogP contribution >= 0.6 is 11.6 Å². The Morgan fingerprint density at radius 1 is 1.00 bits per heavy atom. The molecule has 0 spiro atoms. The zero-order valence-electron chi connectivity index (χ0n) is 17.4. The molecule has 7 nitrogen and oxygen atoms in total. The maximum absolute atomic E-state index is 12.1. The number of pyridine rings is 1. The highest BCUT2D eigenvalue weighted by Crippen LogP contribution is 2.39. The minimum absolute atomic E-state index is 0.0601. The van der Waals surface area contributed by atoms with Gasteiger partial charge in [0.15, 0.2) is 0 Å². The molecule has 0 aliphatic rings. The third-order valence-corrected chi connectivity index (χ3v) is 6.01. The Hall–Kier alpha value is -2.97. The summed E-state index contributed by atoms with van der Waals surface area (Å²) < 4.78 is 39.8. The minimum atomic E-state index is -3.48. The standard InChI is InChI=1S/C22H23ClN2O5S/c1-4-29-21-13-22(26)25(3)14-19(21)18-12-16(24-31(27,28)5-2)8-11-20(18)30-17-9-6-15(23)7-10-17/h6-14,24H,4-5H2,1-3H3. The van der Waals surface area contributed by atoms with Crippen LogP contribution in [0.3, 0.4) is 0 Å². The Kier molecular flexibility index (Phi) is 6.92. The van der Waals surface area contributed by atoms with Crippen molar-refractivity contribution in [3.8, 4) is 28.4 Å². The van der Waals surface area contributed by atoms with Gasteiger partial charge in [-0.1, -0.05) is 11.6 Å². The molecule has 3 rings (SSSR count). The van der Waals surface area contributed by atoms with E-state index in [0.29, 0.717) is 45.7 Å². The highest BCUT2D eigenvalue weighted by atomic mass is 35.5. The van der Waals surface area contributed by atoms with Crippen molar-refractivity contribution in [2.75, 3.05) is 17.1 Å². The van der Waals surface area contributed by atoms with Crippen LogP contribution < -0.4 is 19.8 Å². The third kappa shape index (κ3) is 5.59. The second kappa shape index (κ2) is 9.45. The van der Waals surface area contributed by atoms with Crippen LogP contribution in [0.4, 0.5) is 5.69 Å². The molecule has 0 fully saturated rings. The van der Waals surface area contributed by atoms with E-state index in [1.54, 1.807) is 62.6 Å². The maximum atomic E-state index is 12.1. The van der Waals surface area contributed by atoms with Gasteiger partial charge in [-0.25, -0.2) is 8.42 Å². The maximum Gasteiger partial charge on any atom is 0.254 e. The minimum Gasteiger partial charge on any atom is -0.493 e. The second-order valence-electron chi connectivity index (χ2n) is 6.71. The van der Waals surface area contributed by atoms with Crippen molar-refractivity contribution in [3.05, 3.63) is 70.1 Å². The van der Waals surface area contributed by atoms with Crippen LogP contribution in [0.1, 0.15) is 13.8 Å². The van der Waals surface area contributed by atoms with Crippen molar-refractivity contribution in [2.24, 2.45) is 7.05 Å². The van der Waals surface area contributed by atoms with Gasteiger partial charge in [0.05, 0.1) is 12.4 Å². The van der Waals surface area contributed by atoms with E-state index in [0.717, 1.165) is 0 Å². The SMILES string of the molecule is CCOc1cc(=O)n(C)cc1-c1cc(NS(=O)(=O)CC)ccc1Oc1ccc(Cl)cc1. The normalized spacial score (nSPS) is 11.2. The molecule has 0 radical (unpaired) electrons. The van der Waals surface area contributed by atoms with Crippen molar-refractivity contribution in [2.45, 2.75) is 13.8 Å². The van der Waals surface area contributed by atoms with Crippen molar-refractivity contribution in [1.29, 1.82) is 0 Å². The van der Waals surface area contributed by atoms with Crippen LogP contribution in [0, 0.1) is 0 Å². The van der Waals surface area contributed by atoms with Crippen molar-refractivity contribution in [1.82, 2.24) is 4.57 Å². The number of nitrogens with zero attached hydrogens (tertiary/aromatic N) is 1. The number of halogens is 1. The number of hydrogen-bond donors (Lipinski definition) is 1. The molecule has 0 bridgehead atoms. The predicted molar refractivity (Wildman–Crippen MR) is 123 cm³/mol. The lowest BCUT2D eigenvalue weighted by molar-refractivity contribution is 0.340. The Morgan fingerprint density at radius 3 is 2.35 bits per heavy atom. The van der Waals surface area contributed by atoms with Crippen molar-refractivity contribution < 1.29 is 17.9 Å². The summed E-state index contributed by atoms with van der Waals surface area (Å²) in [7, 11) is -1.85. The fourth-order valence-electron chi connectivity index (χ4n) is 2.86. The summed E-state index contributed by atoms with van der Waals surface area (Å²) in [5.74, 6) is 1.33. The van der Waals surface area contributed by atoms with Crippen LogP contribution in [-0.2, 0) is 17.1 Å². The Morgan fingerprint density at radius 2 is 1.71 bits per heavy atom. The molecular formula is C22H23ClN2O5S. The quantitative estimate of drug-likeness (QED) is 0.526. The molecule has 0 unspecified atom stereocenters. The Labute approximate surface area is 186 Å². The number of ether oxygens (including phenoxy) is 2. The van der Waals surface area contributed by atoms with Gasteiger partial charge in [0.2, 0.25) is 10.0 Å². The predicted octanol–water partition coefficient (Wildman–Crippen LogP) is 4.66. The van der Waals surface area contributed by atoms with Gasteiger partial charge in [-0.15, -0.1) is 0 Å². The lowest BCUT2D eigenvalue weighted by Gasteiger charge is -2.17. The summed E-state index contributed by atoms with van der Waals surface area (Å²) in [6.45, 7) is 3.73. The summed E-state index contributed by atoms with van der Waals surface area (Å²) in [4.78, 5) is 12.1.